The highest BCUT2D eigenvalue weighted by molar-refractivity contribution is 7.92. The number of halogens is 1. The minimum Gasteiger partial charge on any atom is -0.352 e. The molecule has 30 heavy (non-hydrogen) atoms. The molecule has 0 atom stereocenters. The van der Waals surface area contributed by atoms with Crippen molar-refractivity contribution in [2.45, 2.75) is 24.7 Å². The highest BCUT2D eigenvalue weighted by Crippen LogP contribution is 2.18. The van der Waals surface area contributed by atoms with Crippen LogP contribution in [0.15, 0.2) is 77.7 Å². The summed E-state index contributed by atoms with van der Waals surface area (Å²) in [5.41, 5.74) is 2.82. The van der Waals surface area contributed by atoms with Crippen LogP contribution in [0.4, 0.5) is 5.69 Å². The van der Waals surface area contributed by atoms with Gasteiger partial charge in [-0.05, 0) is 61.7 Å². The van der Waals surface area contributed by atoms with Gasteiger partial charge in [0.25, 0.3) is 15.9 Å². The average molecular weight is 443 g/mol. The van der Waals surface area contributed by atoms with Crippen LogP contribution in [-0.4, -0.2) is 20.9 Å². The number of nitrogens with one attached hydrogen (secondary N) is 2. The van der Waals surface area contributed by atoms with Gasteiger partial charge in [-0.2, -0.15) is 0 Å². The lowest BCUT2D eigenvalue weighted by atomic mass is 10.1. The minimum atomic E-state index is -3.79. The van der Waals surface area contributed by atoms with E-state index in [0.717, 1.165) is 24.0 Å². The van der Waals surface area contributed by atoms with Gasteiger partial charge in [0.05, 0.1) is 4.90 Å². The number of amides is 1. The van der Waals surface area contributed by atoms with Gasteiger partial charge in [0.2, 0.25) is 0 Å². The Balaban J connectivity index is 1.60. The van der Waals surface area contributed by atoms with E-state index in [9.17, 15) is 13.2 Å². The van der Waals surface area contributed by atoms with Crippen LogP contribution in [-0.2, 0) is 16.4 Å². The zero-order valence-electron chi connectivity index (χ0n) is 16.6. The zero-order chi connectivity index (χ0) is 21.6. The molecule has 0 heterocycles. The molecular formula is C23H23ClN2O3S. The van der Waals surface area contributed by atoms with Gasteiger partial charge >= 0.3 is 0 Å². The Labute approximate surface area is 182 Å². The van der Waals surface area contributed by atoms with Crippen molar-refractivity contribution in [3.05, 3.63) is 94.5 Å². The summed E-state index contributed by atoms with van der Waals surface area (Å²) in [5, 5.41) is 3.54. The summed E-state index contributed by atoms with van der Waals surface area (Å²) >= 11 is 6.14. The quantitative estimate of drug-likeness (QED) is 0.491. The van der Waals surface area contributed by atoms with E-state index in [2.05, 4.69) is 10.0 Å². The highest BCUT2D eigenvalue weighted by atomic mass is 35.5. The molecule has 0 spiro atoms. The van der Waals surface area contributed by atoms with Gasteiger partial charge in [-0.1, -0.05) is 53.6 Å². The van der Waals surface area contributed by atoms with Gasteiger partial charge in [0.1, 0.15) is 0 Å². The van der Waals surface area contributed by atoms with Crippen molar-refractivity contribution in [2.24, 2.45) is 0 Å². The smallest absolute Gasteiger partial charge is 0.261 e. The maximum Gasteiger partial charge on any atom is 0.261 e. The zero-order valence-corrected chi connectivity index (χ0v) is 18.1. The molecule has 156 valence electrons. The van der Waals surface area contributed by atoms with Crippen molar-refractivity contribution in [3.63, 3.8) is 0 Å². The molecule has 0 aliphatic rings. The molecule has 7 heteroatoms. The fourth-order valence-electron chi connectivity index (χ4n) is 2.92. The summed E-state index contributed by atoms with van der Waals surface area (Å²) in [5.74, 6) is -0.318. The summed E-state index contributed by atoms with van der Waals surface area (Å²) in [6.07, 6.45) is 1.47. The Morgan fingerprint density at radius 3 is 2.43 bits per heavy atom. The van der Waals surface area contributed by atoms with Crippen LogP contribution in [0.3, 0.4) is 0 Å². The first-order chi connectivity index (χ1) is 14.3. The number of carbonyl (C=O) groups is 1. The Morgan fingerprint density at radius 2 is 1.70 bits per heavy atom. The molecule has 0 bridgehead atoms. The molecule has 0 fully saturated rings. The standard InChI is InChI=1S/C23H23ClN2O3S/c1-17-11-13-20(14-12-17)26-30(28,29)21-9-4-7-19(16-21)23(27)25-15-5-8-18-6-2-3-10-22(18)24/h2-4,6-7,9-14,16,26H,5,8,15H2,1H3,(H,25,27). The molecule has 5 nitrogen and oxygen atoms in total. The number of hydrogen-bond donors (Lipinski definition) is 2. The summed E-state index contributed by atoms with van der Waals surface area (Å²) in [4.78, 5) is 12.5. The van der Waals surface area contributed by atoms with E-state index < -0.39 is 10.0 Å². The molecule has 0 saturated heterocycles. The van der Waals surface area contributed by atoms with Crippen LogP contribution in [0.5, 0.6) is 0 Å². The minimum absolute atomic E-state index is 0.0341. The summed E-state index contributed by atoms with van der Waals surface area (Å²) in [6.45, 7) is 2.39. The third kappa shape index (κ3) is 5.84. The SMILES string of the molecule is Cc1ccc(NS(=O)(=O)c2cccc(C(=O)NCCCc3ccccc3Cl)c2)cc1. The van der Waals surface area contributed by atoms with Gasteiger partial charge in [-0.15, -0.1) is 0 Å². The number of sulfonamides is 1. The molecular weight excluding hydrogens is 420 g/mol. The fourth-order valence-corrected chi connectivity index (χ4v) is 4.26. The van der Waals surface area contributed by atoms with Crippen LogP contribution in [0.25, 0.3) is 0 Å². The molecule has 0 saturated carbocycles. The molecule has 0 aliphatic carbocycles. The number of hydrogen-bond acceptors (Lipinski definition) is 3. The van der Waals surface area contributed by atoms with E-state index in [1.807, 2.05) is 43.3 Å². The third-order valence-electron chi connectivity index (χ3n) is 4.58. The van der Waals surface area contributed by atoms with E-state index in [1.54, 1.807) is 24.3 Å². The van der Waals surface area contributed by atoms with E-state index in [0.29, 0.717) is 22.8 Å². The molecule has 0 aliphatic heterocycles. The lowest BCUT2D eigenvalue weighted by Crippen LogP contribution is -2.25. The second-order valence-electron chi connectivity index (χ2n) is 6.95. The van der Waals surface area contributed by atoms with Crippen molar-refractivity contribution >= 4 is 33.2 Å². The van der Waals surface area contributed by atoms with E-state index in [-0.39, 0.29) is 10.8 Å². The fraction of sp³-hybridized carbons (Fsp3) is 0.174. The van der Waals surface area contributed by atoms with Crippen molar-refractivity contribution in [1.29, 1.82) is 0 Å². The molecule has 0 unspecified atom stereocenters. The predicted molar refractivity (Wildman–Crippen MR) is 121 cm³/mol. The van der Waals surface area contributed by atoms with Crippen LogP contribution in [0, 0.1) is 6.92 Å². The second-order valence-corrected chi connectivity index (χ2v) is 9.04. The second kappa shape index (κ2) is 9.78. The van der Waals surface area contributed by atoms with Crippen molar-refractivity contribution in [3.8, 4) is 0 Å². The molecule has 0 aromatic heterocycles. The lowest BCUT2D eigenvalue weighted by Gasteiger charge is -2.10. The molecule has 3 aromatic carbocycles. The van der Waals surface area contributed by atoms with Crippen LogP contribution in [0.2, 0.25) is 5.02 Å². The van der Waals surface area contributed by atoms with Crippen molar-refractivity contribution < 1.29 is 13.2 Å². The van der Waals surface area contributed by atoms with Crippen LogP contribution < -0.4 is 10.0 Å². The van der Waals surface area contributed by atoms with Gasteiger partial charge in [-0.3, -0.25) is 9.52 Å². The molecule has 0 radical (unpaired) electrons. The van der Waals surface area contributed by atoms with Crippen molar-refractivity contribution in [1.82, 2.24) is 5.32 Å². The number of carbonyl (C=O) groups excluding carboxylic acids is 1. The average Bonchev–Trinajstić information content (AvgIpc) is 2.74. The monoisotopic (exact) mass is 442 g/mol. The number of rotatable bonds is 8. The molecule has 2 N–H and O–H groups in total. The van der Waals surface area contributed by atoms with Crippen LogP contribution in [0.1, 0.15) is 27.9 Å². The Kier molecular flexibility index (Phi) is 7.13. The highest BCUT2D eigenvalue weighted by Gasteiger charge is 2.16. The number of anilines is 1. The first-order valence-corrected chi connectivity index (χ1v) is 11.4. The van der Waals surface area contributed by atoms with Gasteiger partial charge < -0.3 is 5.32 Å². The normalized spacial score (nSPS) is 11.1. The van der Waals surface area contributed by atoms with Gasteiger partial charge in [-0.25, -0.2) is 8.42 Å². The summed E-state index contributed by atoms with van der Waals surface area (Å²) in [6, 6.07) is 20.6. The molecule has 3 aromatic rings. The van der Waals surface area contributed by atoms with E-state index in [4.69, 9.17) is 11.6 Å². The van der Waals surface area contributed by atoms with E-state index in [1.165, 1.54) is 12.1 Å². The first-order valence-electron chi connectivity index (χ1n) is 9.56. The molecule has 3 rings (SSSR count). The third-order valence-corrected chi connectivity index (χ3v) is 6.32. The molecule has 1 amide bonds. The lowest BCUT2D eigenvalue weighted by molar-refractivity contribution is 0.0953. The number of aryl methyl sites for hydroxylation is 2. The predicted octanol–water partition coefficient (Wildman–Crippen LogP) is 4.81. The Hall–Kier alpha value is -2.83. The summed E-state index contributed by atoms with van der Waals surface area (Å²) < 4.78 is 27.8. The first kappa shape index (κ1) is 21.9. The summed E-state index contributed by atoms with van der Waals surface area (Å²) in [7, 11) is -3.79. The van der Waals surface area contributed by atoms with Gasteiger partial charge in [0.15, 0.2) is 0 Å². The van der Waals surface area contributed by atoms with E-state index >= 15 is 0 Å². The topological polar surface area (TPSA) is 75.3 Å². The van der Waals surface area contributed by atoms with Crippen molar-refractivity contribution in [2.75, 3.05) is 11.3 Å². The number of benzene rings is 3. The van der Waals surface area contributed by atoms with Gasteiger partial charge in [0, 0.05) is 22.8 Å². The largest absolute Gasteiger partial charge is 0.352 e. The Bertz CT molecular complexity index is 1130. The van der Waals surface area contributed by atoms with Crippen LogP contribution >= 0.6 is 11.6 Å². The Morgan fingerprint density at radius 1 is 0.967 bits per heavy atom. The maximum absolute atomic E-state index is 12.7. The maximum atomic E-state index is 12.7.